The number of hydrogen-bond donors (Lipinski definition) is 3. The van der Waals surface area contributed by atoms with Crippen molar-refractivity contribution in [3.63, 3.8) is 0 Å². The minimum atomic E-state index is -0.750. The Kier molecular flexibility index (Phi) is 7.14. The Morgan fingerprint density at radius 1 is 1.00 bits per heavy atom. The second-order valence-electron chi connectivity index (χ2n) is 11.5. The van der Waals surface area contributed by atoms with Gasteiger partial charge in [0.05, 0.1) is 16.7 Å². The summed E-state index contributed by atoms with van der Waals surface area (Å²) in [6.07, 6.45) is 3.41. The molecule has 4 heterocycles. The van der Waals surface area contributed by atoms with Crippen molar-refractivity contribution in [3.05, 3.63) is 94.1 Å². The summed E-state index contributed by atoms with van der Waals surface area (Å²) in [5, 5.41) is 14.6. The molecule has 11 heteroatoms. The number of H-pyrrole nitrogens is 1. The summed E-state index contributed by atoms with van der Waals surface area (Å²) in [4.78, 5) is 45.8. The Morgan fingerprint density at radius 3 is 2.58 bits per heavy atom. The highest BCUT2D eigenvalue weighted by molar-refractivity contribution is 6.35. The van der Waals surface area contributed by atoms with E-state index in [1.165, 1.54) is 0 Å². The number of nitrogens with one attached hydrogen (secondary N) is 3. The topological polar surface area (TPSA) is 114 Å². The van der Waals surface area contributed by atoms with Crippen LogP contribution in [0.25, 0.3) is 10.9 Å². The second-order valence-corrected chi connectivity index (χ2v) is 11.9. The summed E-state index contributed by atoms with van der Waals surface area (Å²) < 4.78 is 0. The first-order chi connectivity index (χ1) is 20.9. The molecule has 3 aromatic carbocycles. The van der Waals surface area contributed by atoms with Gasteiger partial charge in [-0.05, 0) is 47.2 Å². The van der Waals surface area contributed by atoms with Crippen molar-refractivity contribution < 1.29 is 14.4 Å². The SMILES string of the molecule is O=C(N[C@@H]1Cc2cc(Cl)c3[nH]ncc3c2CN(Cc2ccccc2)C1=O)N1CCC(N2Cc3ccccc3NC2=O)CC1. The molecule has 4 aromatic rings. The molecule has 3 N–H and O–H groups in total. The van der Waals surface area contributed by atoms with Crippen molar-refractivity contribution in [2.75, 3.05) is 18.4 Å². The molecular formula is C32H32ClN7O3. The Balaban J connectivity index is 1.07. The molecule has 1 atom stereocenters. The van der Waals surface area contributed by atoms with Gasteiger partial charge >= 0.3 is 12.1 Å². The Labute approximate surface area is 254 Å². The normalized spacial score (nSPS) is 19.1. The Bertz CT molecular complexity index is 1700. The molecule has 0 spiro atoms. The summed E-state index contributed by atoms with van der Waals surface area (Å²) in [5.74, 6) is -0.139. The van der Waals surface area contributed by atoms with Gasteiger partial charge in [-0.2, -0.15) is 5.10 Å². The van der Waals surface area contributed by atoms with Gasteiger partial charge in [-0.3, -0.25) is 9.89 Å². The van der Waals surface area contributed by atoms with Gasteiger partial charge in [-0.1, -0.05) is 60.1 Å². The maximum atomic E-state index is 14.0. The minimum Gasteiger partial charge on any atom is -0.332 e. The van der Waals surface area contributed by atoms with E-state index in [2.05, 4.69) is 20.8 Å². The first-order valence-electron chi connectivity index (χ1n) is 14.6. The van der Waals surface area contributed by atoms with Crippen molar-refractivity contribution in [3.8, 4) is 0 Å². The standard InChI is InChI=1S/C32H32ClN7O3/c33-26-14-22-15-28(30(41)39(17-20-6-2-1-3-7-20)19-25(22)24-16-34-37-29(24)26)36-31(42)38-12-10-23(11-13-38)40-18-21-8-4-5-9-27(21)35-32(40)43/h1-9,14,16,23,28H,10-13,15,17-19H2,(H,34,37)(H,35,43)(H,36,42)/t28-/m1/s1. The van der Waals surface area contributed by atoms with Gasteiger partial charge in [0.25, 0.3) is 0 Å². The van der Waals surface area contributed by atoms with E-state index in [-0.39, 0.29) is 24.0 Å². The summed E-state index contributed by atoms with van der Waals surface area (Å²) in [6.45, 7) is 2.34. The zero-order valence-corrected chi connectivity index (χ0v) is 24.3. The van der Waals surface area contributed by atoms with Crippen molar-refractivity contribution >= 4 is 46.2 Å². The number of carbonyl (C=O) groups is 3. The summed E-state index contributed by atoms with van der Waals surface area (Å²) in [7, 11) is 0. The van der Waals surface area contributed by atoms with Crippen LogP contribution in [0.2, 0.25) is 5.02 Å². The van der Waals surface area contributed by atoms with E-state index in [4.69, 9.17) is 11.6 Å². The number of aromatic nitrogens is 2. The van der Waals surface area contributed by atoms with Gasteiger partial charge in [0, 0.05) is 56.3 Å². The molecule has 3 aliphatic heterocycles. The van der Waals surface area contributed by atoms with Crippen LogP contribution >= 0.6 is 11.6 Å². The number of aromatic amines is 1. The number of halogens is 1. The maximum Gasteiger partial charge on any atom is 0.322 e. The number of urea groups is 2. The van der Waals surface area contributed by atoms with E-state index < -0.39 is 6.04 Å². The lowest BCUT2D eigenvalue weighted by Gasteiger charge is -2.40. The van der Waals surface area contributed by atoms with Crippen LogP contribution in [0.5, 0.6) is 0 Å². The van der Waals surface area contributed by atoms with Crippen molar-refractivity contribution in [2.24, 2.45) is 0 Å². The molecule has 3 aliphatic rings. The van der Waals surface area contributed by atoms with Crippen LogP contribution in [0.1, 0.15) is 35.1 Å². The van der Waals surface area contributed by atoms with Crippen LogP contribution < -0.4 is 10.6 Å². The Morgan fingerprint density at radius 2 is 1.77 bits per heavy atom. The van der Waals surface area contributed by atoms with Gasteiger partial charge in [0.1, 0.15) is 6.04 Å². The van der Waals surface area contributed by atoms with E-state index in [1.54, 1.807) is 16.0 Å². The molecule has 0 saturated carbocycles. The van der Waals surface area contributed by atoms with Crippen molar-refractivity contribution in [2.45, 2.75) is 51.0 Å². The summed E-state index contributed by atoms with van der Waals surface area (Å²) in [6, 6.07) is 18.5. The third-order valence-electron chi connectivity index (χ3n) is 8.84. The molecule has 1 fully saturated rings. The molecule has 43 heavy (non-hydrogen) atoms. The molecule has 7 rings (SSSR count). The van der Waals surface area contributed by atoms with Crippen LogP contribution in [0.3, 0.4) is 0 Å². The van der Waals surface area contributed by atoms with E-state index in [9.17, 15) is 14.4 Å². The number of para-hydroxylation sites is 1. The fraction of sp³-hybridized carbons (Fsp3) is 0.312. The summed E-state index contributed by atoms with van der Waals surface area (Å²) in [5.41, 5.74) is 5.59. The number of fused-ring (bicyclic) bond motifs is 4. The molecule has 0 radical (unpaired) electrons. The van der Waals surface area contributed by atoms with Gasteiger partial charge in [0.2, 0.25) is 5.91 Å². The van der Waals surface area contributed by atoms with Crippen molar-refractivity contribution in [1.29, 1.82) is 0 Å². The lowest BCUT2D eigenvalue weighted by Crippen LogP contribution is -2.55. The molecule has 0 bridgehead atoms. The monoisotopic (exact) mass is 597 g/mol. The quantitative estimate of drug-likeness (QED) is 0.311. The fourth-order valence-electron chi connectivity index (χ4n) is 6.54. The largest absolute Gasteiger partial charge is 0.332 e. The van der Waals surface area contributed by atoms with Gasteiger partial charge < -0.3 is 25.3 Å². The molecule has 0 aliphatic carbocycles. The predicted molar refractivity (Wildman–Crippen MR) is 163 cm³/mol. The van der Waals surface area contributed by atoms with Crippen molar-refractivity contribution in [1.82, 2.24) is 30.2 Å². The van der Waals surface area contributed by atoms with Crippen LogP contribution in [0.15, 0.2) is 66.9 Å². The number of hydrogen-bond acceptors (Lipinski definition) is 4. The molecule has 5 amide bonds. The Hall–Kier alpha value is -4.57. The highest BCUT2D eigenvalue weighted by Crippen LogP contribution is 2.33. The number of nitrogens with zero attached hydrogens (tertiary/aromatic N) is 4. The van der Waals surface area contributed by atoms with Gasteiger partial charge in [-0.25, -0.2) is 9.59 Å². The first kappa shape index (κ1) is 27.3. The number of carbonyl (C=O) groups excluding carboxylic acids is 3. The number of piperidine rings is 1. The highest BCUT2D eigenvalue weighted by atomic mass is 35.5. The van der Waals surface area contributed by atoms with Gasteiger partial charge in [-0.15, -0.1) is 0 Å². The highest BCUT2D eigenvalue weighted by Gasteiger charge is 2.36. The average Bonchev–Trinajstić information content (AvgIpc) is 3.49. The third kappa shape index (κ3) is 5.27. The van der Waals surface area contributed by atoms with E-state index in [1.807, 2.05) is 65.6 Å². The van der Waals surface area contributed by atoms with E-state index in [0.717, 1.165) is 38.8 Å². The number of benzene rings is 3. The van der Waals surface area contributed by atoms with Crippen LogP contribution in [0.4, 0.5) is 15.3 Å². The smallest absolute Gasteiger partial charge is 0.322 e. The number of rotatable bonds is 4. The lowest BCUT2D eigenvalue weighted by atomic mass is 9.98. The van der Waals surface area contributed by atoms with E-state index in [0.29, 0.717) is 57.0 Å². The molecule has 10 nitrogen and oxygen atoms in total. The number of amides is 5. The lowest BCUT2D eigenvalue weighted by molar-refractivity contribution is -0.134. The minimum absolute atomic E-state index is 0.0321. The van der Waals surface area contributed by atoms with E-state index >= 15 is 0 Å². The molecule has 220 valence electrons. The van der Waals surface area contributed by atoms with Crippen LogP contribution in [-0.4, -0.2) is 68.0 Å². The zero-order chi connectivity index (χ0) is 29.5. The molecule has 1 aromatic heterocycles. The molecule has 1 saturated heterocycles. The third-order valence-corrected chi connectivity index (χ3v) is 9.14. The predicted octanol–water partition coefficient (Wildman–Crippen LogP) is 4.89. The molecular weight excluding hydrogens is 566 g/mol. The number of anilines is 1. The summed E-state index contributed by atoms with van der Waals surface area (Å²) >= 11 is 6.58. The fourth-order valence-corrected chi connectivity index (χ4v) is 6.81. The maximum absolute atomic E-state index is 14.0. The van der Waals surface area contributed by atoms with Gasteiger partial charge in [0.15, 0.2) is 0 Å². The first-order valence-corrected chi connectivity index (χ1v) is 15.0. The molecule has 0 unspecified atom stereocenters. The average molecular weight is 598 g/mol. The zero-order valence-electron chi connectivity index (χ0n) is 23.6. The van der Waals surface area contributed by atoms with Crippen LogP contribution in [0, 0.1) is 0 Å². The van der Waals surface area contributed by atoms with Crippen LogP contribution in [-0.2, 0) is 30.8 Å². The second kappa shape index (κ2) is 11.3. The number of likely N-dealkylation sites (tertiary alicyclic amines) is 1.